The molecule has 0 unspecified atom stereocenters. The Bertz CT molecular complexity index is 11.6. The Morgan fingerprint density at radius 2 is 1.00 bits per heavy atom. The van der Waals surface area contributed by atoms with Crippen LogP contribution < -0.4 is 0 Å². The van der Waals surface area contributed by atoms with Crippen molar-refractivity contribution in [2.75, 3.05) is 0 Å². The van der Waals surface area contributed by atoms with E-state index in [1.807, 2.05) is 0 Å². The predicted molar refractivity (Wildman–Crippen MR) is 28.4 cm³/mol. The van der Waals surface area contributed by atoms with Crippen molar-refractivity contribution in [2.24, 2.45) is 0 Å². The minimum atomic E-state index is -0.543. The molecule has 0 spiro atoms. The fourth-order valence-electron chi connectivity index (χ4n) is 0. The summed E-state index contributed by atoms with van der Waals surface area (Å²) in [6, 6.07) is 0. The van der Waals surface area contributed by atoms with E-state index in [-0.39, 0.29) is 5.48 Å². The number of hydrogen-bond acceptors (Lipinski definition) is 0. The molecule has 0 rings (SSSR count). The summed E-state index contributed by atoms with van der Waals surface area (Å²) in [5.74, 6) is 0. The van der Waals surface area contributed by atoms with Crippen LogP contribution in [0.1, 0.15) is 0 Å². The van der Waals surface area contributed by atoms with Crippen molar-refractivity contribution in [3.05, 3.63) is 0 Å². The molecule has 0 aliphatic heterocycles. The van der Waals surface area contributed by atoms with Crippen LogP contribution in [0.4, 0.5) is 0 Å². The number of hydrogen-bond donors (Lipinski definition) is 0. The van der Waals surface area contributed by atoms with Crippen molar-refractivity contribution in [1.29, 1.82) is 0 Å². The van der Waals surface area contributed by atoms with E-state index in [9.17, 15) is 0 Å². The molecular weight excluding hydrogens is 174 g/mol. The van der Waals surface area contributed by atoms with Crippen LogP contribution in [0.3, 0.4) is 0 Å². The van der Waals surface area contributed by atoms with Crippen molar-refractivity contribution >= 4 is 20.2 Å². The third-order valence-electron chi connectivity index (χ3n) is 0. The van der Waals surface area contributed by atoms with Crippen LogP contribution in [0.25, 0.3) is 0 Å². The van der Waals surface area contributed by atoms with Gasteiger partial charge < -0.3 is 5.48 Å². The first-order chi connectivity index (χ1) is 1.73. The van der Waals surface area contributed by atoms with E-state index in [2.05, 4.69) is 14.6 Å². The minimum absolute atomic E-state index is 0. The molecule has 0 atom stereocenters. The molecule has 0 heterocycles. The van der Waals surface area contributed by atoms with Crippen LogP contribution in [0.2, 0.25) is 14.6 Å². The second-order valence-electron chi connectivity index (χ2n) is 1.50. The zero-order valence-corrected chi connectivity index (χ0v) is 6.85. The average molecular weight is 186 g/mol. The van der Waals surface area contributed by atoms with Gasteiger partial charge in [0.1, 0.15) is 0 Å². The molecular formula is C3H12OSb. The summed E-state index contributed by atoms with van der Waals surface area (Å²) in [4.78, 5) is 7.09. The maximum absolute atomic E-state index is 2.36. The van der Waals surface area contributed by atoms with Gasteiger partial charge in [-0.25, -0.2) is 0 Å². The van der Waals surface area contributed by atoms with Gasteiger partial charge in [0.05, 0.1) is 0 Å². The normalized spacial score (nSPS) is 7.20. The predicted octanol–water partition coefficient (Wildman–Crippen LogP) is 0.278. The second-order valence-corrected chi connectivity index (χ2v) is 10.1. The molecule has 0 aliphatic carbocycles. The van der Waals surface area contributed by atoms with E-state index in [4.69, 9.17) is 0 Å². The van der Waals surface area contributed by atoms with Crippen molar-refractivity contribution in [1.82, 2.24) is 0 Å². The van der Waals surface area contributed by atoms with E-state index < -0.39 is 20.2 Å². The fourth-order valence-corrected chi connectivity index (χ4v) is 0. The van der Waals surface area contributed by atoms with E-state index >= 15 is 0 Å². The molecule has 35 valence electrons. The molecule has 0 bridgehead atoms. The first kappa shape index (κ1) is 9.24. The van der Waals surface area contributed by atoms with Crippen molar-refractivity contribution in [3.63, 3.8) is 0 Å². The van der Waals surface area contributed by atoms with Crippen LogP contribution in [0.5, 0.6) is 0 Å². The molecule has 0 aromatic rings. The summed E-state index contributed by atoms with van der Waals surface area (Å²) < 4.78 is 0. The van der Waals surface area contributed by atoms with Crippen LogP contribution >= 0.6 is 0 Å². The molecule has 0 aromatic heterocycles. The molecule has 0 aromatic carbocycles. The van der Waals surface area contributed by atoms with Gasteiger partial charge >= 0.3 is 34.8 Å². The van der Waals surface area contributed by atoms with Gasteiger partial charge in [-0.2, -0.15) is 0 Å². The van der Waals surface area contributed by atoms with Gasteiger partial charge in [0.2, 0.25) is 0 Å². The van der Waals surface area contributed by atoms with Crippen LogP contribution in [0.15, 0.2) is 0 Å². The molecule has 1 nitrogen and oxygen atoms in total. The first-order valence-corrected chi connectivity index (χ1v) is 10.1. The number of rotatable bonds is 0. The second kappa shape index (κ2) is 4.78. The van der Waals surface area contributed by atoms with Gasteiger partial charge in [-0.05, 0) is 0 Å². The Balaban J connectivity index is 0. The molecule has 5 heavy (non-hydrogen) atoms. The summed E-state index contributed by atoms with van der Waals surface area (Å²) in [7, 11) is 0. The summed E-state index contributed by atoms with van der Waals surface area (Å²) in [5, 5.41) is 0. The summed E-state index contributed by atoms with van der Waals surface area (Å²) in [5.41, 5.74) is 0. The Kier molecular flexibility index (Phi) is 8.83. The first-order valence-electron chi connectivity index (χ1n) is 1.50. The standard InChI is InChI=1S/3CH3.H2O.Sb.H/h3*1H3;1H2;;. The Morgan fingerprint density at radius 1 is 1.00 bits per heavy atom. The van der Waals surface area contributed by atoms with Gasteiger partial charge in [-0.1, -0.05) is 0 Å². The van der Waals surface area contributed by atoms with Crippen molar-refractivity contribution in [3.8, 4) is 0 Å². The summed E-state index contributed by atoms with van der Waals surface area (Å²) in [6.45, 7) is 0. The summed E-state index contributed by atoms with van der Waals surface area (Å²) in [6.07, 6.45) is 0. The molecule has 2 N–H and O–H groups in total. The van der Waals surface area contributed by atoms with E-state index in [0.29, 0.717) is 0 Å². The Labute approximate surface area is 40.6 Å². The van der Waals surface area contributed by atoms with Crippen LogP contribution in [0, 0.1) is 0 Å². The van der Waals surface area contributed by atoms with Crippen LogP contribution in [-0.4, -0.2) is 25.7 Å². The molecule has 0 amide bonds. The zero-order chi connectivity index (χ0) is 3.58. The quantitative estimate of drug-likeness (QED) is 0.486. The van der Waals surface area contributed by atoms with Crippen LogP contribution in [-0.2, 0) is 0 Å². The molecule has 0 fully saturated rings. The molecule has 2 heteroatoms. The monoisotopic (exact) mass is 185 g/mol. The van der Waals surface area contributed by atoms with E-state index in [0.717, 1.165) is 0 Å². The van der Waals surface area contributed by atoms with Gasteiger partial charge in [0.25, 0.3) is 0 Å². The topological polar surface area (TPSA) is 31.5 Å². The Hall–Kier alpha value is 0.778. The van der Waals surface area contributed by atoms with E-state index in [1.54, 1.807) is 0 Å². The Morgan fingerprint density at radius 3 is 1.00 bits per heavy atom. The zero-order valence-electron chi connectivity index (χ0n) is 4.00. The molecule has 1 radical (unpaired) electrons. The van der Waals surface area contributed by atoms with Gasteiger partial charge in [-0.15, -0.1) is 0 Å². The van der Waals surface area contributed by atoms with Gasteiger partial charge in [-0.3, -0.25) is 0 Å². The molecule has 0 saturated heterocycles. The molecule has 0 saturated carbocycles. The van der Waals surface area contributed by atoms with Gasteiger partial charge in [0.15, 0.2) is 0 Å². The molecule has 0 aliphatic rings. The van der Waals surface area contributed by atoms with Crippen molar-refractivity contribution in [2.45, 2.75) is 14.6 Å². The summed E-state index contributed by atoms with van der Waals surface area (Å²) >= 11 is -0.543. The third-order valence-corrected chi connectivity index (χ3v) is 0. The maximum atomic E-state index is 2.36. The third kappa shape index (κ3) is 60.9. The van der Waals surface area contributed by atoms with E-state index in [1.165, 1.54) is 0 Å². The SMILES string of the molecule is O.[CH3][SbH]([CH3])[CH3]. The van der Waals surface area contributed by atoms with Crippen molar-refractivity contribution < 1.29 is 5.48 Å². The van der Waals surface area contributed by atoms with Gasteiger partial charge in [0, 0.05) is 0 Å². The average Bonchev–Trinajstić information content (AvgIpc) is 0.811. The fraction of sp³-hybridized carbons (Fsp3) is 1.00.